The monoisotopic (exact) mass is 1110 g/mol. The van der Waals surface area contributed by atoms with Crippen LogP contribution in [0.25, 0.3) is 0 Å². The van der Waals surface area contributed by atoms with E-state index in [0.29, 0.717) is 19.3 Å². The molecule has 0 aromatic carbocycles. The minimum Gasteiger partial charge on any atom is -0.462 e. The van der Waals surface area contributed by atoms with Crippen molar-refractivity contribution < 1.29 is 28.6 Å². The molecule has 0 aliphatic carbocycles. The van der Waals surface area contributed by atoms with Crippen LogP contribution in [0.4, 0.5) is 0 Å². The molecule has 0 aromatic heterocycles. The van der Waals surface area contributed by atoms with E-state index in [1.54, 1.807) is 0 Å². The molecule has 6 nitrogen and oxygen atoms in total. The lowest BCUT2D eigenvalue weighted by atomic mass is 10.0. The van der Waals surface area contributed by atoms with E-state index in [0.717, 1.165) is 103 Å². The summed E-state index contributed by atoms with van der Waals surface area (Å²) in [4.78, 5) is 38.3. The molecule has 0 radical (unpaired) electrons. The number of unbranched alkanes of at least 4 members (excludes halogenated alkanes) is 38. The highest BCUT2D eigenvalue weighted by atomic mass is 16.6. The van der Waals surface area contributed by atoms with Gasteiger partial charge in [-0.3, -0.25) is 14.4 Å². The highest BCUT2D eigenvalue weighted by Crippen LogP contribution is 2.18. The predicted octanol–water partition coefficient (Wildman–Crippen LogP) is 23.8. The second-order valence-electron chi connectivity index (χ2n) is 23.1. The van der Waals surface area contributed by atoms with E-state index in [2.05, 4.69) is 106 Å². The SMILES string of the molecule is CC/C=C\C/C=C\C/C=C\C/C=C\C/C=C\C/C=C\CCCCC(=O)OC(COC(=O)CCCCCCC/C=C\CCCC)COC(=O)CCCCCCCCCCCCCCCCCCCCCCCCCCCCCCCC. The Hall–Kier alpha value is -3.41. The lowest BCUT2D eigenvalue weighted by Gasteiger charge is -2.18. The van der Waals surface area contributed by atoms with Crippen LogP contribution in [0.2, 0.25) is 0 Å². The zero-order valence-electron chi connectivity index (χ0n) is 53.1. The first-order valence-electron chi connectivity index (χ1n) is 34.6. The van der Waals surface area contributed by atoms with Crippen molar-refractivity contribution in [2.24, 2.45) is 0 Å². The molecule has 0 N–H and O–H groups in total. The molecule has 0 heterocycles. The Labute approximate surface area is 496 Å². The summed E-state index contributed by atoms with van der Waals surface area (Å²) in [6, 6.07) is 0. The molecule has 0 rings (SSSR count). The first-order chi connectivity index (χ1) is 39.5. The Kier molecular flexibility index (Phi) is 65.2. The minimum atomic E-state index is -0.803. The van der Waals surface area contributed by atoms with Crippen LogP contribution in [-0.4, -0.2) is 37.2 Å². The minimum absolute atomic E-state index is 0.0944. The molecular weight excluding hydrogens is 985 g/mol. The summed E-state index contributed by atoms with van der Waals surface area (Å²) < 4.78 is 16.9. The van der Waals surface area contributed by atoms with Gasteiger partial charge >= 0.3 is 17.9 Å². The summed E-state index contributed by atoms with van der Waals surface area (Å²) in [6.45, 7) is 6.49. The molecule has 0 saturated heterocycles. The van der Waals surface area contributed by atoms with E-state index in [4.69, 9.17) is 14.2 Å². The maximum atomic E-state index is 12.9. The van der Waals surface area contributed by atoms with Crippen molar-refractivity contribution >= 4 is 17.9 Å². The topological polar surface area (TPSA) is 78.9 Å². The summed E-state index contributed by atoms with van der Waals surface area (Å²) in [5, 5.41) is 0. The van der Waals surface area contributed by atoms with Gasteiger partial charge in [0.1, 0.15) is 13.2 Å². The summed E-state index contributed by atoms with van der Waals surface area (Å²) in [5.74, 6) is -0.935. The van der Waals surface area contributed by atoms with Crippen LogP contribution in [0, 0.1) is 0 Å². The lowest BCUT2D eigenvalue weighted by molar-refractivity contribution is -0.167. The van der Waals surface area contributed by atoms with Gasteiger partial charge in [-0.2, -0.15) is 0 Å². The fourth-order valence-corrected chi connectivity index (χ4v) is 9.96. The maximum absolute atomic E-state index is 12.9. The van der Waals surface area contributed by atoms with Gasteiger partial charge in [-0.15, -0.1) is 0 Å². The van der Waals surface area contributed by atoms with Gasteiger partial charge in [0.2, 0.25) is 0 Å². The molecule has 0 spiro atoms. The van der Waals surface area contributed by atoms with Crippen molar-refractivity contribution in [1.29, 1.82) is 0 Å². The van der Waals surface area contributed by atoms with Crippen LogP contribution < -0.4 is 0 Å². The lowest BCUT2D eigenvalue weighted by Crippen LogP contribution is -2.30. The van der Waals surface area contributed by atoms with Crippen LogP contribution in [0.5, 0.6) is 0 Å². The molecule has 80 heavy (non-hydrogen) atoms. The first kappa shape index (κ1) is 76.6. The number of allylic oxidation sites excluding steroid dienone is 14. The zero-order chi connectivity index (χ0) is 57.8. The molecule has 0 fully saturated rings. The van der Waals surface area contributed by atoms with Crippen molar-refractivity contribution in [2.75, 3.05) is 13.2 Å². The number of carbonyl (C=O) groups excluding carboxylic acids is 3. The van der Waals surface area contributed by atoms with E-state index in [1.165, 1.54) is 199 Å². The third kappa shape index (κ3) is 65.4. The van der Waals surface area contributed by atoms with Crippen LogP contribution in [0.15, 0.2) is 85.1 Å². The molecule has 0 bridgehead atoms. The molecule has 6 heteroatoms. The van der Waals surface area contributed by atoms with E-state index in [9.17, 15) is 14.4 Å². The smallest absolute Gasteiger partial charge is 0.306 e. The normalized spacial score (nSPS) is 12.6. The molecule has 0 saturated carbocycles. The quantitative estimate of drug-likeness (QED) is 0.0261. The van der Waals surface area contributed by atoms with E-state index in [-0.39, 0.29) is 37.5 Å². The van der Waals surface area contributed by atoms with Crippen molar-refractivity contribution in [3.63, 3.8) is 0 Å². The van der Waals surface area contributed by atoms with Gasteiger partial charge in [-0.1, -0.05) is 324 Å². The van der Waals surface area contributed by atoms with Crippen molar-refractivity contribution in [3.05, 3.63) is 85.1 Å². The van der Waals surface area contributed by atoms with E-state index < -0.39 is 6.10 Å². The number of hydrogen-bond acceptors (Lipinski definition) is 6. The fourth-order valence-electron chi connectivity index (χ4n) is 9.96. The second-order valence-corrected chi connectivity index (χ2v) is 23.1. The molecular formula is C74H130O6. The summed E-state index contributed by atoms with van der Waals surface area (Å²) in [6.07, 6.45) is 90.6. The summed E-state index contributed by atoms with van der Waals surface area (Å²) in [5.41, 5.74) is 0. The Bertz CT molecular complexity index is 1520. The van der Waals surface area contributed by atoms with Crippen LogP contribution in [-0.2, 0) is 28.6 Å². The van der Waals surface area contributed by atoms with E-state index in [1.807, 2.05) is 0 Å². The molecule has 0 aliphatic heterocycles. The van der Waals surface area contributed by atoms with Crippen LogP contribution in [0.3, 0.4) is 0 Å². The highest BCUT2D eigenvalue weighted by molar-refractivity contribution is 5.71. The standard InChI is InChI=1S/C74H130O6/c1-4-7-10-13-16-19-22-24-26-28-30-32-33-34-35-36-37-38-39-40-42-43-45-47-49-52-55-58-61-64-67-73(76)79-70-71(69-78-72(75)66-63-60-57-54-51-21-18-15-12-9-6-3)80-74(77)68-65-62-59-56-53-50-48-46-44-41-31-29-27-25-23-20-17-14-11-8-5-2/h8,11,15,17-18,20,25,27,31,41,46,48,53,56,71H,4-7,9-10,12-14,16,19,21-24,26,28-30,32-40,42-45,47,49-52,54-55,57-70H2,1-3H3/b11-8-,18-15-,20-17-,27-25-,41-31-,48-46-,56-53-. The fraction of sp³-hybridized carbons (Fsp3) is 0.770. The van der Waals surface area contributed by atoms with Crippen LogP contribution >= 0.6 is 0 Å². The summed E-state index contributed by atoms with van der Waals surface area (Å²) in [7, 11) is 0. The van der Waals surface area contributed by atoms with Crippen molar-refractivity contribution in [1.82, 2.24) is 0 Å². The third-order valence-corrected chi connectivity index (χ3v) is 15.1. The zero-order valence-corrected chi connectivity index (χ0v) is 53.1. The Morgan fingerprint density at radius 3 is 0.838 bits per heavy atom. The highest BCUT2D eigenvalue weighted by Gasteiger charge is 2.19. The van der Waals surface area contributed by atoms with Crippen molar-refractivity contribution in [2.45, 2.75) is 354 Å². The molecule has 0 aromatic rings. The Morgan fingerprint density at radius 2 is 0.500 bits per heavy atom. The molecule has 1 unspecified atom stereocenters. The van der Waals surface area contributed by atoms with Gasteiger partial charge in [-0.25, -0.2) is 0 Å². The average Bonchev–Trinajstić information content (AvgIpc) is 3.46. The molecule has 0 aliphatic rings. The molecule has 1 atom stereocenters. The summed E-state index contributed by atoms with van der Waals surface area (Å²) >= 11 is 0. The number of rotatable bonds is 63. The number of ether oxygens (including phenoxy) is 3. The first-order valence-corrected chi connectivity index (χ1v) is 34.6. The van der Waals surface area contributed by atoms with Gasteiger partial charge in [0.25, 0.3) is 0 Å². The molecule has 0 amide bonds. The molecule has 462 valence electrons. The predicted molar refractivity (Wildman–Crippen MR) is 348 cm³/mol. The number of esters is 3. The van der Waals surface area contributed by atoms with E-state index >= 15 is 0 Å². The second kappa shape index (κ2) is 68.1. The van der Waals surface area contributed by atoms with Gasteiger partial charge < -0.3 is 14.2 Å². The van der Waals surface area contributed by atoms with Crippen LogP contribution in [0.1, 0.15) is 348 Å². The average molecular weight is 1120 g/mol. The van der Waals surface area contributed by atoms with Gasteiger partial charge in [0.15, 0.2) is 6.10 Å². The van der Waals surface area contributed by atoms with Gasteiger partial charge in [0.05, 0.1) is 0 Å². The Balaban J connectivity index is 4.22. The number of hydrogen-bond donors (Lipinski definition) is 0. The third-order valence-electron chi connectivity index (χ3n) is 15.1. The van der Waals surface area contributed by atoms with Gasteiger partial charge in [0, 0.05) is 19.3 Å². The Morgan fingerprint density at radius 1 is 0.263 bits per heavy atom. The maximum Gasteiger partial charge on any atom is 0.306 e. The number of carbonyl (C=O) groups is 3. The van der Waals surface area contributed by atoms with Crippen molar-refractivity contribution in [3.8, 4) is 0 Å². The largest absolute Gasteiger partial charge is 0.462 e. The van der Waals surface area contributed by atoms with Gasteiger partial charge in [-0.05, 0) is 89.9 Å².